The number of fused-ring (bicyclic) bond motifs is 2. The average molecular weight is 891 g/mol. The summed E-state index contributed by atoms with van der Waals surface area (Å²) in [7, 11) is 3.38. The van der Waals surface area contributed by atoms with Crippen molar-refractivity contribution in [2.24, 2.45) is 0 Å². The standard InChI is InChI=1S/2C22H23N9O2/c2*1-32-18-3-2-13-6-17(7-15(13)8-18)26-21-23-9-16(10-24-21)20-28-29-22(33-20)31-5-4-14(12-31)19-11-25-30-27-19/h2*2-3,8-11,14,17H,4-7,12H2,1H3,(H,23,24,26)(H,25,27,30). The zero-order chi connectivity index (χ0) is 44.4. The van der Waals surface area contributed by atoms with Crippen LogP contribution < -0.4 is 29.9 Å². The van der Waals surface area contributed by atoms with Crippen LogP contribution in [0.15, 0.2) is 82.4 Å². The van der Waals surface area contributed by atoms with Gasteiger partial charge < -0.3 is 38.7 Å². The molecule has 336 valence electrons. The van der Waals surface area contributed by atoms with Crippen molar-refractivity contribution >= 4 is 23.9 Å². The summed E-state index contributed by atoms with van der Waals surface area (Å²) >= 11 is 0. The van der Waals surface area contributed by atoms with Crippen molar-refractivity contribution in [1.82, 2.24) is 71.2 Å². The van der Waals surface area contributed by atoms with Crippen LogP contribution in [-0.2, 0) is 25.7 Å². The normalized spacial score (nSPS) is 19.6. The molecular formula is C44H46N18O4. The second-order valence-electron chi connectivity index (χ2n) is 16.8. The van der Waals surface area contributed by atoms with Gasteiger partial charge in [-0.1, -0.05) is 22.3 Å². The fraction of sp³-hybridized carbons (Fsp3) is 0.364. The van der Waals surface area contributed by atoms with Gasteiger partial charge in [-0.2, -0.15) is 30.8 Å². The summed E-state index contributed by atoms with van der Waals surface area (Å²) in [5, 5.41) is 45.2. The second-order valence-corrected chi connectivity index (χ2v) is 16.8. The molecule has 8 aromatic rings. The van der Waals surface area contributed by atoms with Gasteiger partial charge in [-0.05, 0) is 85.0 Å². The summed E-state index contributed by atoms with van der Waals surface area (Å²) < 4.78 is 22.5. The third kappa shape index (κ3) is 8.63. The van der Waals surface area contributed by atoms with Crippen molar-refractivity contribution in [2.75, 3.05) is 60.8 Å². The first kappa shape index (κ1) is 40.7. The van der Waals surface area contributed by atoms with Gasteiger partial charge in [0, 0.05) is 74.9 Å². The summed E-state index contributed by atoms with van der Waals surface area (Å²) in [5.74, 6) is 4.35. The van der Waals surface area contributed by atoms with Gasteiger partial charge in [0.2, 0.25) is 11.9 Å². The van der Waals surface area contributed by atoms with Crippen molar-refractivity contribution in [3.63, 3.8) is 0 Å². The van der Waals surface area contributed by atoms with Crippen molar-refractivity contribution in [3.05, 3.63) is 107 Å². The van der Waals surface area contributed by atoms with E-state index in [1.165, 1.54) is 22.3 Å². The minimum Gasteiger partial charge on any atom is -0.497 e. The molecule has 12 rings (SSSR count). The number of hydrogen-bond acceptors (Lipinski definition) is 20. The quantitative estimate of drug-likeness (QED) is 0.132. The number of aromatic nitrogens is 14. The van der Waals surface area contributed by atoms with Crippen LogP contribution in [0.4, 0.5) is 23.9 Å². The van der Waals surface area contributed by atoms with E-state index in [2.05, 4.69) is 116 Å². The van der Waals surface area contributed by atoms with Gasteiger partial charge in [-0.3, -0.25) is 0 Å². The van der Waals surface area contributed by atoms with Gasteiger partial charge in [-0.15, -0.1) is 10.2 Å². The lowest BCUT2D eigenvalue weighted by Crippen LogP contribution is -2.20. The Morgan fingerprint density at radius 1 is 0.561 bits per heavy atom. The van der Waals surface area contributed by atoms with Crippen LogP contribution >= 0.6 is 0 Å². The van der Waals surface area contributed by atoms with E-state index in [1.54, 1.807) is 51.4 Å². The van der Waals surface area contributed by atoms with Gasteiger partial charge in [-0.25, -0.2) is 19.9 Å². The van der Waals surface area contributed by atoms with E-state index in [9.17, 15) is 0 Å². The first-order chi connectivity index (χ1) is 32.5. The van der Waals surface area contributed by atoms with Crippen LogP contribution in [0.3, 0.4) is 0 Å². The summed E-state index contributed by atoms with van der Waals surface area (Å²) in [6, 6.07) is 14.0. The highest BCUT2D eigenvalue weighted by Gasteiger charge is 2.31. The molecule has 4 unspecified atom stereocenters. The Morgan fingerprint density at radius 2 is 1.00 bits per heavy atom. The van der Waals surface area contributed by atoms with Crippen LogP contribution in [0.1, 0.15) is 58.3 Å². The highest BCUT2D eigenvalue weighted by molar-refractivity contribution is 5.54. The summed E-state index contributed by atoms with van der Waals surface area (Å²) in [6.07, 6.45) is 16.0. The van der Waals surface area contributed by atoms with Crippen molar-refractivity contribution in [2.45, 2.75) is 62.4 Å². The maximum atomic E-state index is 5.90. The Bertz CT molecular complexity index is 2670. The minimum atomic E-state index is 0.251. The lowest BCUT2D eigenvalue weighted by molar-refractivity contribution is 0.414. The number of anilines is 4. The van der Waals surface area contributed by atoms with Crippen molar-refractivity contribution in [1.29, 1.82) is 0 Å². The summed E-state index contributed by atoms with van der Waals surface area (Å²) in [6.45, 7) is 3.19. The van der Waals surface area contributed by atoms with Gasteiger partial charge in [0.25, 0.3) is 11.8 Å². The lowest BCUT2D eigenvalue weighted by atomic mass is 10.1. The number of nitrogens with one attached hydrogen (secondary N) is 4. The molecule has 2 saturated heterocycles. The molecule has 8 heterocycles. The first-order valence-electron chi connectivity index (χ1n) is 21.9. The zero-order valence-electron chi connectivity index (χ0n) is 36.2. The topological polar surface area (TPSA) is 262 Å². The maximum Gasteiger partial charge on any atom is 0.318 e. The van der Waals surface area contributed by atoms with Crippen LogP contribution in [-0.4, -0.2) is 124 Å². The van der Waals surface area contributed by atoms with E-state index in [4.69, 9.17) is 18.3 Å². The molecule has 0 amide bonds. The number of rotatable bonds is 12. The Balaban J connectivity index is 0.000000146. The van der Waals surface area contributed by atoms with Crippen LogP contribution in [0.25, 0.3) is 22.9 Å². The third-order valence-corrected chi connectivity index (χ3v) is 12.6. The zero-order valence-corrected chi connectivity index (χ0v) is 36.2. The van der Waals surface area contributed by atoms with Crippen LogP contribution in [0.5, 0.6) is 11.5 Å². The average Bonchev–Trinajstić information content (AvgIpc) is 4.19. The molecule has 22 nitrogen and oxygen atoms in total. The minimum absolute atomic E-state index is 0.251. The molecule has 0 saturated carbocycles. The Labute approximate surface area is 377 Å². The van der Waals surface area contributed by atoms with Crippen LogP contribution in [0, 0.1) is 0 Å². The molecule has 22 heteroatoms. The number of H-pyrrole nitrogens is 2. The van der Waals surface area contributed by atoms with E-state index in [0.29, 0.717) is 58.7 Å². The molecule has 4 atom stereocenters. The number of hydrogen-bond donors (Lipinski definition) is 4. The van der Waals surface area contributed by atoms with Gasteiger partial charge in [0.05, 0.1) is 49.1 Å². The predicted molar refractivity (Wildman–Crippen MR) is 238 cm³/mol. The molecule has 4 N–H and O–H groups in total. The third-order valence-electron chi connectivity index (χ3n) is 12.6. The summed E-state index contributed by atoms with van der Waals surface area (Å²) in [5.41, 5.74) is 8.55. The highest BCUT2D eigenvalue weighted by Crippen LogP contribution is 2.33. The van der Waals surface area contributed by atoms with E-state index in [1.807, 2.05) is 12.1 Å². The molecule has 0 bridgehead atoms. The number of aromatic amines is 2. The molecule has 2 aliphatic carbocycles. The number of benzene rings is 2. The number of nitrogens with zero attached hydrogens (tertiary/aromatic N) is 14. The molecule has 4 aliphatic rings. The molecule has 66 heavy (non-hydrogen) atoms. The Kier molecular flexibility index (Phi) is 11.0. The van der Waals surface area contributed by atoms with Crippen molar-refractivity contribution < 1.29 is 18.3 Å². The largest absolute Gasteiger partial charge is 0.497 e. The SMILES string of the molecule is COc1ccc2c(c1)CC(Nc1ncc(-c3nnc(N4CCC(c5cn[nH]n5)C4)o3)cn1)C2.COc1ccc2c(c1)CC(Nc1ncc(-c3nnc(N4CCC(c5cn[nH]n5)C4)o3)cn1)C2. The maximum absolute atomic E-state index is 5.90. The molecular weight excluding hydrogens is 845 g/mol. The monoisotopic (exact) mass is 890 g/mol. The number of methoxy groups -OCH3 is 2. The number of ether oxygens (including phenoxy) is 2. The van der Waals surface area contributed by atoms with Crippen LogP contribution in [0.2, 0.25) is 0 Å². The second kappa shape index (κ2) is 17.9. The smallest absolute Gasteiger partial charge is 0.318 e. The molecule has 0 radical (unpaired) electrons. The molecule has 6 aromatic heterocycles. The van der Waals surface area contributed by atoms with Gasteiger partial charge in [0.15, 0.2) is 0 Å². The lowest BCUT2D eigenvalue weighted by Gasteiger charge is -2.12. The summed E-state index contributed by atoms with van der Waals surface area (Å²) in [4.78, 5) is 22.0. The first-order valence-corrected chi connectivity index (χ1v) is 21.9. The van der Waals surface area contributed by atoms with Crippen molar-refractivity contribution in [3.8, 4) is 34.4 Å². The molecule has 2 fully saturated rings. The fourth-order valence-electron chi connectivity index (χ4n) is 9.12. The molecule has 2 aromatic carbocycles. The highest BCUT2D eigenvalue weighted by atomic mass is 16.5. The van der Waals surface area contributed by atoms with E-state index in [0.717, 1.165) is 87.6 Å². The van der Waals surface area contributed by atoms with Gasteiger partial charge >= 0.3 is 12.0 Å². The predicted octanol–water partition coefficient (Wildman–Crippen LogP) is 4.45. The van der Waals surface area contributed by atoms with E-state index >= 15 is 0 Å². The Hall–Kier alpha value is -8.04. The van der Waals surface area contributed by atoms with E-state index < -0.39 is 0 Å². The fourth-order valence-corrected chi connectivity index (χ4v) is 9.12. The Morgan fingerprint density at radius 3 is 1.41 bits per heavy atom. The van der Waals surface area contributed by atoms with E-state index in [-0.39, 0.29) is 12.1 Å². The van der Waals surface area contributed by atoms with Gasteiger partial charge in [0.1, 0.15) is 11.5 Å². The molecule has 2 aliphatic heterocycles. The molecule has 0 spiro atoms.